The molecule has 5 heteroatoms. The van der Waals surface area contributed by atoms with E-state index in [0.717, 1.165) is 41.0 Å². The van der Waals surface area contributed by atoms with E-state index in [-0.39, 0.29) is 0 Å². The van der Waals surface area contributed by atoms with Crippen molar-refractivity contribution < 1.29 is 0 Å². The number of nitrogens with zero attached hydrogens (tertiary/aromatic N) is 2. The highest BCUT2D eigenvalue weighted by Crippen LogP contribution is 2.22. The van der Waals surface area contributed by atoms with Crippen LogP contribution < -0.4 is 5.32 Å². The van der Waals surface area contributed by atoms with E-state index in [1.54, 1.807) is 0 Å². The van der Waals surface area contributed by atoms with Crippen molar-refractivity contribution in [2.75, 3.05) is 18.1 Å². The van der Waals surface area contributed by atoms with E-state index in [4.69, 9.17) is 11.6 Å². The Bertz CT molecular complexity index is 390. The third-order valence-electron chi connectivity index (χ3n) is 2.96. The Hall–Kier alpha value is -0.190. The summed E-state index contributed by atoms with van der Waals surface area (Å²) in [7, 11) is 1.97. The Kier molecular flexibility index (Phi) is 7.26. The van der Waals surface area contributed by atoms with Crippen LogP contribution in [0.15, 0.2) is 0 Å². The highest BCUT2D eigenvalue weighted by molar-refractivity contribution is 7.99. The third-order valence-corrected chi connectivity index (χ3v) is 5.00. The van der Waals surface area contributed by atoms with Crippen molar-refractivity contribution in [1.82, 2.24) is 15.1 Å². The molecule has 1 rings (SSSR count). The van der Waals surface area contributed by atoms with E-state index in [2.05, 4.69) is 31.2 Å². The van der Waals surface area contributed by atoms with Crippen LogP contribution in [0, 0.1) is 12.8 Å². The quantitative estimate of drug-likeness (QED) is 0.799. The number of rotatable bonds is 8. The van der Waals surface area contributed by atoms with E-state index in [1.165, 1.54) is 5.75 Å². The lowest BCUT2D eigenvalue weighted by atomic mass is 10.1. The van der Waals surface area contributed by atoms with Crippen LogP contribution in [0.1, 0.15) is 32.2 Å². The largest absolute Gasteiger partial charge is 0.313 e. The number of hydrogen-bond acceptors (Lipinski definition) is 3. The second-order valence-corrected chi connectivity index (χ2v) is 6.81. The van der Waals surface area contributed by atoms with Crippen LogP contribution in [0.5, 0.6) is 0 Å². The molecule has 0 aliphatic heterocycles. The summed E-state index contributed by atoms with van der Waals surface area (Å²) in [4.78, 5) is 0. The normalized spacial score (nSPS) is 13.2. The zero-order valence-electron chi connectivity index (χ0n) is 12.7. The van der Waals surface area contributed by atoms with Gasteiger partial charge in [0.05, 0.1) is 16.4 Å². The van der Waals surface area contributed by atoms with E-state index in [1.807, 2.05) is 30.4 Å². The zero-order chi connectivity index (χ0) is 14.4. The molecule has 0 aliphatic carbocycles. The summed E-state index contributed by atoms with van der Waals surface area (Å²) < 4.78 is 1.91. The van der Waals surface area contributed by atoms with E-state index < -0.39 is 0 Å². The molecule has 110 valence electrons. The SMILES string of the molecule is CCNC(CSCC(C)C)Cc1c(Cl)c(C)nn1C. The topological polar surface area (TPSA) is 29.9 Å². The molecule has 3 nitrogen and oxygen atoms in total. The lowest BCUT2D eigenvalue weighted by Crippen LogP contribution is -2.34. The van der Waals surface area contributed by atoms with Crippen molar-refractivity contribution >= 4 is 23.4 Å². The standard InChI is InChI=1S/C14H26ClN3S/c1-6-16-12(9-19-8-10(2)3)7-13-14(15)11(4)17-18(13)5/h10,12,16H,6-9H2,1-5H3. The first kappa shape index (κ1) is 16.9. The molecule has 0 bridgehead atoms. The molecule has 1 N–H and O–H groups in total. The van der Waals surface area contributed by atoms with Gasteiger partial charge in [-0.1, -0.05) is 32.4 Å². The third kappa shape index (κ3) is 5.36. The molecule has 1 atom stereocenters. The Morgan fingerprint density at radius 1 is 1.37 bits per heavy atom. The highest BCUT2D eigenvalue weighted by atomic mass is 35.5. The molecule has 1 aromatic rings. The lowest BCUT2D eigenvalue weighted by molar-refractivity contribution is 0.548. The number of hydrogen-bond donors (Lipinski definition) is 1. The van der Waals surface area contributed by atoms with E-state index >= 15 is 0 Å². The van der Waals surface area contributed by atoms with Gasteiger partial charge in [0.1, 0.15) is 0 Å². The maximum absolute atomic E-state index is 6.32. The first-order valence-electron chi connectivity index (χ1n) is 6.94. The number of likely N-dealkylation sites (N-methyl/N-ethyl adjacent to an activating group) is 1. The highest BCUT2D eigenvalue weighted by Gasteiger charge is 2.16. The van der Waals surface area contributed by atoms with Crippen molar-refractivity contribution in [2.45, 2.75) is 40.2 Å². The average Bonchev–Trinajstić information content (AvgIpc) is 2.55. The van der Waals surface area contributed by atoms with Crippen LogP contribution in [-0.4, -0.2) is 33.9 Å². The molecule has 1 unspecified atom stereocenters. The van der Waals surface area contributed by atoms with E-state index in [0.29, 0.717) is 6.04 Å². The fraction of sp³-hybridized carbons (Fsp3) is 0.786. The van der Waals surface area contributed by atoms with Crippen molar-refractivity contribution in [3.63, 3.8) is 0 Å². The second-order valence-electron chi connectivity index (χ2n) is 5.36. The summed E-state index contributed by atoms with van der Waals surface area (Å²) in [6, 6.07) is 0.459. The molecule has 19 heavy (non-hydrogen) atoms. The van der Waals surface area contributed by atoms with Gasteiger partial charge in [-0.15, -0.1) is 0 Å². The molecule has 1 heterocycles. The number of aromatic nitrogens is 2. The molecule has 0 spiro atoms. The summed E-state index contributed by atoms with van der Waals surface area (Å²) in [6.07, 6.45) is 0.940. The van der Waals surface area contributed by atoms with Crippen LogP contribution >= 0.6 is 23.4 Å². The minimum absolute atomic E-state index is 0.459. The Morgan fingerprint density at radius 3 is 2.53 bits per heavy atom. The summed E-state index contributed by atoms with van der Waals surface area (Å²) in [5.74, 6) is 3.07. The van der Waals surface area contributed by atoms with Gasteiger partial charge in [0.2, 0.25) is 0 Å². The molecule has 0 saturated carbocycles. The Labute approximate surface area is 126 Å². The Morgan fingerprint density at radius 2 is 2.05 bits per heavy atom. The number of aryl methyl sites for hydroxylation is 2. The molecular formula is C14H26ClN3S. The van der Waals surface area contributed by atoms with Crippen LogP contribution in [0.2, 0.25) is 5.02 Å². The van der Waals surface area contributed by atoms with Gasteiger partial charge in [-0.3, -0.25) is 4.68 Å². The monoisotopic (exact) mass is 303 g/mol. The zero-order valence-corrected chi connectivity index (χ0v) is 14.2. The molecule has 0 fully saturated rings. The summed E-state index contributed by atoms with van der Waals surface area (Å²) >= 11 is 8.34. The van der Waals surface area contributed by atoms with Gasteiger partial charge in [0.15, 0.2) is 0 Å². The number of nitrogens with one attached hydrogen (secondary N) is 1. The van der Waals surface area contributed by atoms with Crippen LogP contribution in [-0.2, 0) is 13.5 Å². The minimum atomic E-state index is 0.459. The van der Waals surface area contributed by atoms with Gasteiger partial charge >= 0.3 is 0 Å². The average molecular weight is 304 g/mol. The van der Waals surface area contributed by atoms with Crippen molar-refractivity contribution in [1.29, 1.82) is 0 Å². The van der Waals surface area contributed by atoms with Gasteiger partial charge in [0, 0.05) is 25.3 Å². The summed E-state index contributed by atoms with van der Waals surface area (Å²) in [6.45, 7) is 9.62. The van der Waals surface area contributed by atoms with Crippen LogP contribution in [0.4, 0.5) is 0 Å². The number of halogens is 1. The molecular weight excluding hydrogens is 278 g/mol. The van der Waals surface area contributed by atoms with E-state index in [9.17, 15) is 0 Å². The number of thioether (sulfide) groups is 1. The van der Waals surface area contributed by atoms with Crippen LogP contribution in [0.25, 0.3) is 0 Å². The molecule has 0 aromatic carbocycles. The smallest absolute Gasteiger partial charge is 0.0847 e. The summed E-state index contributed by atoms with van der Waals surface area (Å²) in [5, 5.41) is 8.75. The second kappa shape index (κ2) is 8.18. The Balaban J connectivity index is 2.61. The van der Waals surface area contributed by atoms with Crippen molar-refractivity contribution in [3.05, 3.63) is 16.4 Å². The predicted molar refractivity (Wildman–Crippen MR) is 86.3 cm³/mol. The first-order chi connectivity index (χ1) is 8.95. The lowest BCUT2D eigenvalue weighted by Gasteiger charge is -2.18. The fourth-order valence-corrected chi connectivity index (χ4v) is 3.42. The van der Waals surface area contributed by atoms with Crippen molar-refractivity contribution in [2.24, 2.45) is 13.0 Å². The molecule has 0 saturated heterocycles. The van der Waals surface area contributed by atoms with Gasteiger partial charge in [-0.05, 0) is 25.1 Å². The minimum Gasteiger partial charge on any atom is -0.313 e. The maximum Gasteiger partial charge on any atom is 0.0847 e. The van der Waals surface area contributed by atoms with Gasteiger partial charge in [-0.25, -0.2) is 0 Å². The van der Waals surface area contributed by atoms with Gasteiger partial charge in [-0.2, -0.15) is 16.9 Å². The summed E-state index contributed by atoms with van der Waals surface area (Å²) in [5.41, 5.74) is 2.06. The molecule has 1 aromatic heterocycles. The van der Waals surface area contributed by atoms with Gasteiger partial charge in [0.25, 0.3) is 0 Å². The maximum atomic E-state index is 6.32. The predicted octanol–water partition coefficient (Wildman–Crippen LogP) is 3.29. The molecule has 0 aliphatic rings. The fourth-order valence-electron chi connectivity index (χ4n) is 2.06. The first-order valence-corrected chi connectivity index (χ1v) is 8.48. The van der Waals surface area contributed by atoms with Crippen molar-refractivity contribution in [3.8, 4) is 0 Å². The van der Waals surface area contributed by atoms with Gasteiger partial charge < -0.3 is 5.32 Å². The molecule has 0 amide bonds. The van der Waals surface area contributed by atoms with Crippen LogP contribution in [0.3, 0.4) is 0 Å². The molecule has 0 radical (unpaired) electrons.